The third-order valence-electron chi connectivity index (χ3n) is 3.76. The van der Waals surface area contributed by atoms with Gasteiger partial charge in [0.1, 0.15) is 0 Å². The van der Waals surface area contributed by atoms with Gasteiger partial charge in [0, 0.05) is 45.6 Å². The monoisotopic (exact) mass is 499 g/mol. The zero-order chi connectivity index (χ0) is 19.1. The van der Waals surface area contributed by atoms with Crippen LogP contribution < -0.4 is 15.4 Å². The van der Waals surface area contributed by atoms with Crippen LogP contribution in [0, 0.1) is 5.41 Å². The van der Waals surface area contributed by atoms with Crippen molar-refractivity contribution in [1.29, 1.82) is 0 Å². The summed E-state index contributed by atoms with van der Waals surface area (Å²) >= 11 is 0. The highest BCUT2D eigenvalue weighted by atomic mass is 127. The molecule has 1 aromatic rings. The minimum absolute atomic E-state index is 0. The molecule has 0 bridgehead atoms. The van der Waals surface area contributed by atoms with Crippen molar-refractivity contribution < 1.29 is 8.42 Å². The predicted molar refractivity (Wildman–Crippen MR) is 119 cm³/mol. The lowest BCUT2D eigenvalue weighted by Gasteiger charge is -2.23. The lowest BCUT2D eigenvalue weighted by molar-refractivity contribution is 0.346. The van der Waals surface area contributed by atoms with E-state index in [1.165, 1.54) is 0 Å². The number of hydrogen-bond donors (Lipinski definition) is 3. The molecule has 26 heavy (non-hydrogen) atoms. The van der Waals surface area contributed by atoms with Gasteiger partial charge in [-0.05, 0) is 31.2 Å². The Morgan fingerprint density at radius 2 is 1.96 bits per heavy atom. The number of aliphatic imine (C=N–C) groups is 1. The molecule has 0 aliphatic carbocycles. The van der Waals surface area contributed by atoms with Crippen LogP contribution in [-0.4, -0.2) is 45.1 Å². The molecule has 1 atom stereocenters. The summed E-state index contributed by atoms with van der Waals surface area (Å²) in [7, 11) is 0.0338. The molecule has 3 N–H and O–H groups in total. The summed E-state index contributed by atoms with van der Waals surface area (Å²) in [5, 5.41) is 6.46. The fraction of sp³-hybridized carbons (Fsp3) is 0.706. The molecule has 1 unspecified atom stereocenters. The van der Waals surface area contributed by atoms with Crippen molar-refractivity contribution in [3.63, 3.8) is 0 Å². The molecule has 0 saturated carbocycles. The van der Waals surface area contributed by atoms with E-state index in [1.807, 2.05) is 0 Å². The van der Waals surface area contributed by atoms with Crippen LogP contribution in [0.2, 0.25) is 0 Å². The second-order valence-corrected chi connectivity index (χ2v) is 9.32. The smallest absolute Gasteiger partial charge is 0.242 e. The largest absolute Gasteiger partial charge is 0.356 e. The third-order valence-corrected chi connectivity index (χ3v) is 5.20. The summed E-state index contributed by atoms with van der Waals surface area (Å²) in [5.41, 5.74) is 0.308. The van der Waals surface area contributed by atoms with Gasteiger partial charge in [-0.3, -0.25) is 4.99 Å². The molecule has 0 aliphatic heterocycles. The van der Waals surface area contributed by atoms with Gasteiger partial charge in [-0.1, -0.05) is 20.8 Å². The molecule has 1 heterocycles. The first-order valence-electron chi connectivity index (χ1n) is 8.62. The van der Waals surface area contributed by atoms with Gasteiger partial charge in [-0.25, -0.2) is 13.1 Å². The number of halogens is 1. The van der Waals surface area contributed by atoms with E-state index in [4.69, 9.17) is 0 Å². The van der Waals surface area contributed by atoms with Gasteiger partial charge in [-0.2, -0.15) is 0 Å². The molecule has 0 aliphatic rings. The first-order chi connectivity index (χ1) is 11.5. The molecule has 0 saturated heterocycles. The molecule has 0 spiro atoms. The van der Waals surface area contributed by atoms with Crippen LogP contribution in [0.25, 0.3) is 0 Å². The van der Waals surface area contributed by atoms with Gasteiger partial charge in [-0.15, -0.1) is 24.0 Å². The minimum atomic E-state index is -3.46. The van der Waals surface area contributed by atoms with Crippen molar-refractivity contribution in [2.24, 2.45) is 17.5 Å². The SMILES string of the molecule is CN=C(NCCNS(=O)(=O)c1ccn(C)c1)NC(C)CCC(C)(C)C.I. The van der Waals surface area contributed by atoms with Gasteiger partial charge in [0.05, 0.1) is 4.90 Å². The Morgan fingerprint density at radius 3 is 2.46 bits per heavy atom. The Bertz CT molecular complexity index is 665. The van der Waals surface area contributed by atoms with Crippen molar-refractivity contribution in [3.05, 3.63) is 18.5 Å². The molecule has 9 heteroatoms. The van der Waals surface area contributed by atoms with Crippen LogP contribution >= 0.6 is 24.0 Å². The Balaban J connectivity index is 0.00000625. The van der Waals surface area contributed by atoms with Crippen LogP contribution in [0.15, 0.2) is 28.3 Å². The first-order valence-corrected chi connectivity index (χ1v) is 10.1. The Hall–Kier alpha value is -0.810. The number of rotatable bonds is 8. The average molecular weight is 499 g/mol. The maximum absolute atomic E-state index is 12.1. The topological polar surface area (TPSA) is 87.5 Å². The summed E-state index contributed by atoms with van der Waals surface area (Å²) < 4.78 is 28.5. The van der Waals surface area contributed by atoms with Gasteiger partial charge >= 0.3 is 0 Å². The van der Waals surface area contributed by atoms with Gasteiger partial charge < -0.3 is 15.2 Å². The zero-order valence-electron chi connectivity index (χ0n) is 16.7. The van der Waals surface area contributed by atoms with E-state index in [0.29, 0.717) is 24.0 Å². The zero-order valence-corrected chi connectivity index (χ0v) is 19.8. The molecule has 0 fully saturated rings. The number of sulfonamides is 1. The van der Waals surface area contributed by atoms with Gasteiger partial charge in [0.15, 0.2) is 5.96 Å². The molecule has 0 aromatic carbocycles. The van der Waals surface area contributed by atoms with Crippen LogP contribution in [0.5, 0.6) is 0 Å². The van der Waals surface area contributed by atoms with E-state index in [0.717, 1.165) is 12.8 Å². The second-order valence-electron chi connectivity index (χ2n) is 7.55. The van der Waals surface area contributed by atoms with Crippen molar-refractivity contribution in [3.8, 4) is 0 Å². The summed E-state index contributed by atoms with van der Waals surface area (Å²) in [6.07, 6.45) is 5.45. The normalized spacial score (nSPS) is 13.8. The molecule has 1 aromatic heterocycles. The van der Waals surface area contributed by atoms with E-state index in [2.05, 4.69) is 48.0 Å². The number of nitrogens with zero attached hydrogens (tertiary/aromatic N) is 2. The summed E-state index contributed by atoms with van der Waals surface area (Å²) in [6.45, 7) is 9.55. The van der Waals surface area contributed by atoms with E-state index in [9.17, 15) is 8.42 Å². The lowest BCUT2D eigenvalue weighted by Crippen LogP contribution is -2.45. The highest BCUT2D eigenvalue weighted by Gasteiger charge is 2.15. The second kappa shape index (κ2) is 11.1. The van der Waals surface area contributed by atoms with E-state index >= 15 is 0 Å². The van der Waals surface area contributed by atoms with Crippen LogP contribution in [-0.2, 0) is 17.1 Å². The van der Waals surface area contributed by atoms with E-state index < -0.39 is 10.0 Å². The minimum Gasteiger partial charge on any atom is -0.356 e. The summed E-state index contributed by atoms with van der Waals surface area (Å²) in [6, 6.07) is 1.87. The Kier molecular flexibility index (Phi) is 10.8. The van der Waals surface area contributed by atoms with E-state index in [-0.39, 0.29) is 35.4 Å². The van der Waals surface area contributed by atoms with Gasteiger partial charge in [0.25, 0.3) is 0 Å². The number of hydrogen-bond acceptors (Lipinski definition) is 3. The Labute approximate surface area is 175 Å². The number of aromatic nitrogens is 1. The quantitative estimate of drug-likeness (QED) is 0.222. The number of aryl methyl sites for hydroxylation is 1. The predicted octanol–water partition coefficient (Wildman–Crippen LogP) is 2.30. The third kappa shape index (κ3) is 9.77. The molecule has 7 nitrogen and oxygen atoms in total. The molecular weight excluding hydrogens is 465 g/mol. The van der Waals surface area contributed by atoms with Crippen LogP contribution in [0.4, 0.5) is 0 Å². The Morgan fingerprint density at radius 1 is 1.31 bits per heavy atom. The molecule has 0 amide bonds. The van der Waals surface area contributed by atoms with Crippen LogP contribution in [0.3, 0.4) is 0 Å². The molecule has 0 radical (unpaired) electrons. The van der Waals surface area contributed by atoms with Crippen molar-refractivity contribution in [2.45, 2.75) is 51.5 Å². The maximum atomic E-state index is 12.1. The molecule has 152 valence electrons. The molecular formula is C17H34IN5O2S. The maximum Gasteiger partial charge on any atom is 0.242 e. The lowest BCUT2D eigenvalue weighted by atomic mass is 9.89. The van der Waals surface area contributed by atoms with E-state index in [1.54, 1.807) is 37.1 Å². The van der Waals surface area contributed by atoms with Crippen molar-refractivity contribution in [1.82, 2.24) is 19.9 Å². The first kappa shape index (κ1) is 25.2. The fourth-order valence-electron chi connectivity index (χ4n) is 2.24. The average Bonchev–Trinajstić information content (AvgIpc) is 2.95. The van der Waals surface area contributed by atoms with Gasteiger partial charge in [0.2, 0.25) is 10.0 Å². The summed E-state index contributed by atoms with van der Waals surface area (Å²) in [4.78, 5) is 4.45. The van der Waals surface area contributed by atoms with Crippen molar-refractivity contribution in [2.75, 3.05) is 20.1 Å². The number of guanidine groups is 1. The van der Waals surface area contributed by atoms with Crippen molar-refractivity contribution >= 4 is 40.0 Å². The highest BCUT2D eigenvalue weighted by molar-refractivity contribution is 14.0. The summed E-state index contributed by atoms with van der Waals surface area (Å²) in [5.74, 6) is 0.681. The number of nitrogens with one attached hydrogen (secondary N) is 3. The highest BCUT2D eigenvalue weighted by Crippen LogP contribution is 2.21. The van der Waals surface area contributed by atoms with Crippen LogP contribution in [0.1, 0.15) is 40.5 Å². The fourth-order valence-corrected chi connectivity index (χ4v) is 3.32. The molecule has 1 rings (SSSR count). The standard InChI is InChI=1S/C17H33N5O2S.HI/c1-14(7-9-17(2,3)4)21-16(18-5)19-10-11-20-25(23,24)15-8-12-22(6)13-15;/h8,12-14,20H,7,9-11H2,1-6H3,(H2,18,19,21);1H.